The van der Waals surface area contributed by atoms with Gasteiger partial charge in [-0.25, -0.2) is 9.00 Å². The van der Waals surface area contributed by atoms with E-state index in [1.54, 1.807) is 48.7 Å². The van der Waals surface area contributed by atoms with Crippen LogP contribution in [0, 0.1) is 6.92 Å². The number of benzene rings is 2. The molecule has 2 aromatic carbocycles. The number of urea groups is 1. The molecule has 4 rings (SSSR count). The lowest BCUT2D eigenvalue weighted by molar-refractivity contribution is -0.140. The van der Waals surface area contributed by atoms with Crippen LogP contribution in [-0.2, 0) is 19.3 Å². The number of methoxy groups -OCH3 is 1. The molecule has 2 heterocycles. The molecule has 1 atom stereocenters. The molecule has 0 saturated carbocycles. The fraction of sp³-hybridized carbons (Fsp3) is 0.172. The van der Waals surface area contributed by atoms with Gasteiger partial charge >= 0.3 is 12.0 Å². The molecule has 3 amide bonds. The molecule has 0 radical (unpaired) electrons. The molecule has 0 aliphatic rings. The summed E-state index contributed by atoms with van der Waals surface area (Å²) in [6.07, 6.45) is 4.24. The SMILES string of the molecule is COC(=O)CCS(C)(=O)=NC(=O)c1c[nH]c(-c2cc(Oc3ccc(NC(=O)Nc4cccc(C)c4)cc3)ccn2)c1. The van der Waals surface area contributed by atoms with E-state index in [4.69, 9.17) is 4.74 Å². The molecule has 0 bridgehead atoms. The number of amides is 3. The maximum Gasteiger partial charge on any atom is 0.323 e. The van der Waals surface area contributed by atoms with E-state index in [-0.39, 0.29) is 23.8 Å². The molecule has 2 aromatic heterocycles. The van der Waals surface area contributed by atoms with Crippen LogP contribution in [-0.4, -0.2) is 51.2 Å². The maximum atomic E-state index is 12.6. The van der Waals surface area contributed by atoms with Crippen molar-refractivity contribution in [1.29, 1.82) is 0 Å². The van der Waals surface area contributed by atoms with Gasteiger partial charge in [0.25, 0.3) is 5.91 Å². The number of esters is 1. The van der Waals surface area contributed by atoms with Crippen LogP contribution in [0.3, 0.4) is 0 Å². The van der Waals surface area contributed by atoms with Gasteiger partial charge in [-0.2, -0.15) is 4.36 Å². The predicted molar refractivity (Wildman–Crippen MR) is 157 cm³/mol. The number of aromatic nitrogens is 2. The van der Waals surface area contributed by atoms with E-state index in [0.29, 0.717) is 34.3 Å². The van der Waals surface area contributed by atoms with Gasteiger partial charge in [-0.3, -0.25) is 14.6 Å². The summed E-state index contributed by atoms with van der Waals surface area (Å²) in [6.45, 7) is 1.95. The Labute approximate surface area is 237 Å². The van der Waals surface area contributed by atoms with Gasteiger partial charge in [-0.15, -0.1) is 0 Å². The summed E-state index contributed by atoms with van der Waals surface area (Å²) in [5.74, 6) is -0.231. The summed E-state index contributed by atoms with van der Waals surface area (Å²) >= 11 is 0. The summed E-state index contributed by atoms with van der Waals surface area (Å²) in [7, 11) is -1.67. The predicted octanol–water partition coefficient (Wildman–Crippen LogP) is 5.62. The average molecular weight is 576 g/mol. The summed E-state index contributed by atoms with van der Waals surface area (Å²) in [6, 6.07) is 19.0. The van der Waals surface area contributed by atoms with Crippen LogP contribution >= 0.6 is 0 Å². The Morgan fingerprint density at radius 1 is 0.976 bits per heavy atom. The van der Waals surface area contributed by atoms with Crippen molar-refractivity contribution in [2.24, 2.45) is 4.36 Å². The molecule has 0 fully saturated rings. The summed E-state index contributed by atoms with van der Waals surface area (Å²) in [4.78, 5) is 43.5. The molecule has 41 heavy (non-hydrogen) atoms. The molecular weight excluding hydrogens is 546 g/mol. The summed E-state index contributed by atoms with van der Waals surface area (Å²) in [5.41, 5.74) is 3.58. The normalized spacial score (nSPS) is 12.1. The third-order valence-corrected chi connectivity index (χ3v) is 7.26. The molecule has 12 heteroatoms. The van der Waals surface area contributed by atoms with Gasteiger partial charge in [0.15, 0.2) is 0 Å². The van der Waals surface area contributed by atoms with E-state index in [9.17, 15) is 18.6 Å². The van der Waals surface area contributed by atoms with Crippen molar-refractivity contribution >= 4 is 39.0 Å². The number of hydrogen-bond acceptors (Lipinski definition) is 7. The molecular formula is C29H29N5O6S. The highest BCUT2D eigenvalue weighted by Gasteiger charge is 2.14. The van der Waals surface area contributed by atoms with Gasteiger partial charge in [0.05, 0.1) is 40.2 Å². The average Bonchev–Trinajstić information content (AvgIpc) is 3.44. The molecule has 0 spiro atoms. The molecule has 3 N–H and O–H groups in total. The first kappa shape index (κ1) is 29.0. The minimum Gasteiger partial charge on any atom is -0.469 e. The Hall–Kier alpha value is -4.97. The van der Waals surface area contributed by atoms with Gasteiger partial charge in [0.2, 0.25) is 0 Å². The number of anilines is 2. The quantitative estimate of drug-likeness (QED) is 0.219. The number of hydrogen-bond donors (Lipinski definition) is 3. The van der Waals surface area contributed by atoms with Crippen LogP contribution < -0.4 is 15.4 Å². The first-order chi connectivity index (χ1) is 19.6. The van der Waals surface area contributed by atoms with E-state index in [1.807, 2.05) is 31.2 Å². The second-order valence-electron chi connectivity index (χ2n) is 9.14. The highest BCUT2D eigenvalue weighted by Crippen LogP contribution is 2.27. The number of aryl methyl sites for hydroxylation is 1. The number of nitrogens with one attached hydrogen (secondary N) is 3. The molecule has 1 unspecified atom stereocenters. The first-order valence-electron chi connectivity index (χ1n) is 12.5. The zero-order valence-corrected chi connectivity index (χ0v) is 23.5. The van der Waals surface area contributed by atoms with Crippen LogP contribution in [0.1, 0.15) is 22.3 Å². The van der Waals surface area contributed by atoms with Crippen LogP contribution in [0.2, 0.25) is 0 Å². The van der Waals surface area contributed by atoms with E-state index in [1.165, 1.54) is 19.6 Å². The van der Waals surface area contributed by atoms with Crippen LogP contribution in [0.4, 0.5) is 16.2 Å². The van der Waals surface area contributed by atoms with Crippen molar-refractivity contribution in [2.75, 3.05) is 29.8 Å². The van der Waals surface area contributed by atoms with E-state index in [0.717, 1.165) is 5.56 Å². The zero-order chi connectivity index (χ0) is 29.4. The first-order valence-corrected chi connectivity index (χ1v) is 14.6. The Morgan fingerprint density at radius 3 is 2.46 bits per heavy atom. The lowest BCUT2D eigenvalue weighted by Gasteiger charge is -2.10. The fourth-order valence-corrected chi connectivity index (χ4v) is 4.79. The number of nitrogens with zero attached hydrogens (tertiary/aromatic N) is 2. The number of rotatable bonds is 9. The molecule has 0 aliphatic carbocycles. The van der Waals surface area contributed by atoms with Crippen molar-refractivity contribution in [3.8, 4) is 22.9 Å². The fourth-order valence-electron chi connectivity index (χ4n) is 3.69. The Kier molecular flexibility index (Phi) is 9.15. The van der Waals surface area contributed by atoms with Gasteiger partial charge in [-0.1, -0.05) is 12.1 Å². The molecule has 0 saturated heterocycles. The minimum atomic E-state index is -2.91. The third kappa shape index (κ3) is 8.51. The number of H-pyrrole nitrogens is 1. The highest BCUT2D eigenvalue weighted by molar-refractivity contribution is 7.93. The molecule has 11 nitrogen and oxygen atoms in total. The van der Waals surface area contributed by atoms with E-state index in [2.05, 4.69) is 29.7 Å². The zero-order valence-electron chi connectivity index (χ0n) is 22.7. The van der Waals surface area contributed by atoms with Gasteiger partial charge in [0, 0.05) is 41.8 Å². The van der Waals surface area contributed by atoms with Crippen molar-refractivity contribution in [2.45, 2.75) is 13.3 Å². The van der Waals surface area contributed by atoms with Crippen LogP contribution in [0.5, 0.6) is 11.5 Å². The summed E-state index contributed by atoms with van der Waals surface area (Å²) in [5, 5.41) is 5.57. The van der Waals surface area contributed by atoms with Crippen molar-refractivity contribution < 1.29 is 28.1 Å². The standard InChI is InChI=1S/C29H29N5O6S/c1-19-5-4-6-22(15-19)33-29(37)32-21-7-9-23(10-8-21)40-24-11-13-30-26(17-24)25-16-20(18-31-25)28(36)34-41(3,38)14-12-27(35)39-2/h4-11,13,15-18,31H,12,14H2,1-3H3,(H2,32,33,37). The van der Waals surface area contributed by atoms with Gasteiger partial charge in [-0.05, 0) is 61.0 Å². The molecule has 4 aromatic rings. The second kappa shape index (κ2) is 12.9. The maximum absolute atomic E-state index is 12.6. The van der Waals surface area contributed by atoms with Crippen molar-refractivity contribution in [1.82, 2.24) is 9.97 Å². The third-order valence-electron chi connectivity index (χ3n) is 5.75. The largest absolute Gasteiger partial charge is 0.469 e. The lowest BCUT2D eigenvalue weighted by Crippen LogP contribution is -2.19. The minimum absolute atomic E-state index is 0.0821. The van der Waals surface area contributed by atoms with E-state index >= 15 is 0 Å². The van der Waals surface area contributed by atoms with Gasteiger partial charge < -0.3 is 25.1 Å². The Bertz CT molecular complexity index is 1690. The molecule has 212 valence electrons. The smallest absolute Gasteiger partial charge is 0.323 e. The summed E-state index contributed by atoms with van der Waals surface area (Å²) < 4.78 is 26.9. The second-order valence-corrected chi connectivity index (χ2v) is 11.6. The Morgan fingerprint density at radius 2 is 1.73 bits per heavy atom. The van der Waals surface area contributed by atoms with Gasteiger partial charge in [0.1, 0.15) is 11.5 Å². The highest BCUT2D eigenvalue weighted by atomic mass is 32.2. The van der Waals surface area contributed by atoms with E-state index < -0.39 is 21.6 Å². The Balaban J connectivity index is 1.38. The molecule has 0 aliphatic heterocycles. The number of aromatic amines is 1. The number of ether oxygens (including phenoxy) is 2. The number of carbonyl (C=O) groups is 3. The number of pyridine rings is 1. The monoisotopic (exact) mass is 575 g/mol. The topological polar surface area (TPSA) is 152 Å². The van der Waals surface area contributed by atoms with Crippen molar-refractivity contribution in [3.05, 3.63) is 90.3 Å². The van der Waals surface area contributed by atoms with Crippen LogP contribution in [0.25, 0.3) is 11.4 Å². The van der Waals surface area contributed by atoms with Crippen LogP contribution in [0.15, 0.2) is 83.5 Å². The van der Waals surface area contributed by atoms with Crippen molar-refractivity contribution in [3.63, 3.8) is 0 Å². The lowest BCUT2D eigenvalue weighted by atomic mass is 10.2. The number of carbonyl (C=O) groups excluding carboxylic acids is 3.